The fourth-order valence-corrected chi connectivity index (χ4v) is 2.99. The summed E-state index contributed by atoms with van der Waals surface area (Å²) in [6, 6.07) is 8.17. The second-order valence-electron chi connectivity index (χ2n) is 5.62. The number of benzene rings is 1. The molecule has 1 saturated heterocycles. The second kappa shape index (κ2) is 5.25. The summed E-state index contributed by atoms with van der Waals surface area (Å²) in [5.74, 6) is 0.562. The number of nitrogens with two attached hydrogens (primary N) is 1. The lowest BCUT2D eigenvalue weighted by Crippen LogP contribution is -2.36. The van der Waals surface area contributed by atoms with Crippen molar-refractivity contribution in [3.05, 3.63) is 30.5 Å². The standard InChI is InChI=1S/C15H20N4O/c1-11-6-12(7-16)8-19(11)15(20)10-18-9-13-4-2-3-5-14(13)17-18/h2-5,9,11-12H,6-8,10,16H2,1H3. The molecule has 2 atom stereocenters. The van der Waals surface area contributed by atoms with Crippen LogP contribution in [0.4, 0.5) is 0 Å². The molecular formula is C15H20N4O. The topological polar surface area (TPSA) is 64.2 Å². The number of likely N-dealkylation sites (tertiary alicyclic amines) is 1. The van der Waals surface area contributed by atoms with Crippen LogP contribution in [-0.4, -0.2) is 39.7 Å². The molecule has 3 rings (SSSR count). The number of fused-ring (bicyclic) bond motifs is 1. The summed E-state index contributed by atoms with van der Waals surface area (Å²) < 4.78 is 1.73. The van der Waals surface area contributed by atoms with E-state index in [-0.39, 0.29) is 11.9 Å². The van der Waals surface area contributed by atoms with Crippen LogP contribution in [0.25, 0.3) is 10.9 Å². The van der Waals surface area contributed by atoms with Crippen LogP contribution in [0.2, 0.25) is 0 Å². The SMILES string of the molecule is CC1CC(CN)CN1C(=O)Cn1cc2ccccc2n1. The highest BCUT2D eigenvalue weighted by atomic mass is 16.2. The molecule has 1 fully saturated rings. The number of hydrogen-bond donors (Lipinski definition) is 1. The Morgan fingerprint density at radius 1 is 1.45 bits per heavy atom. The predicted octanol–water partition coefficient (Wildman–Crippen LogP) is 1.23. The maximum atomic E-state index is 12.4. The van der Waals surface area contributed by atoms with Gasteiger partial charge in [-0.05, 0) is 31.9 Å². The molecule has 2 heterocycles. The van der Waals surface area contributed by atoms with Crippen molar-refractivity contribution in [2.24, 2.45) is 11.7 Å². The molecule has 2 unspecified atom stereocenters. The van der Waals surface area contributed by atoms with E-state index in [0.29, 0.717) is 19.0 Å². The third-order valence-electron chi connectivity index (χ3n) is 4.07. The minimum Gasteiger partial charge on any atom is -0.338 e. The third-order valence-corrected chi connectivity index (χ3v) is 4.07. The Bertz CT molecular complexity index is 588. The first-order chi connectivity index (χ1) is 9.67. The summed E-state index contributed by atoms with van der Waals surface area (Å²) in [6.45, 7) is 3.82. The van der Waals surface area contributed by atoms with Crippen LogP contribution in [0.5, 0.6) is 0 Å². The van der Waals surface area contributed by atoms with E-state index >= 15 is 0 Å². The van der Waals surface area contributed by atoms with Crippen molar-refractivity contribution < 1.29 is 4.79 Å². The number of aromatic nitrogens is 2. The Kier molecular flexibility index (Phi) is 3.44. The quantitative estimate of drug-likeness (QED) is 0.914. The monoisotopic (exact) mass is 272 g/mol. The zero-order valence-electron chi connectivity index (χ0n) is 11.7. The normalized spacial score (nSPS) is 22.6. The minimum atomic E-state index is 0.126. The van der Waals surface area contributed by atoms with Crippen molar-refractivity contribution in [1.29, 1.82) is 0 Å². The lowest BCUT2D eigenvalue weighted by molar-refractivity contribution is -0.132. The van der Waals surface area contributed by atoms with E-state index in [1.54, 1.807) is 4.68 Å². The molecule has 1 amide bonds. The lowest BCUT2D eigenvalue weighted by Gasteiger charge is -2.21. The Balaban J connectivity index is 1.72. The molecule has 0 bridgehead atoms. The van der Waals surface area contributed by atoms with Gasteiger partial charge in [-0.1, -0.05) is 18.2 Å². The maximum Gasteiger partial charge on any atom is 0.244 e. The molecule has 1 aliphatic heterocycles. The number of nitrogens with zero attached hydrogens (tertiary/aromatic N) is 3. The number of carbonyl (C=O) groups is 1. The molecule has 0 aliphatic carbocycles. The molecule has 2 aromatic rings. The van der Waals surface area contributed by atoms with E-state index in [2.05, 4.69) is 12.0 Å². The summed E-state index contributed by atoms with van der Waals surface area (Å²) in [5.41, 5.74) is 6.63. The Hall–Kier alpha value is -1.88. The number of amides is 1. The largest absolute Gasteiger partial charge is 0.338 e. The van der Waals surface area contributed by atoms with Crippen LogP contribution in [0.3, 0.4) is 0 Å². The Morgan fingerprint density at radius 3 is 2.95 bits per heavy atom. The summed E-state index contributed by atoms with van der Waals surface area (Å²) in [7, 11) is 0. The zero-order valence-corrected chi connectivity index (χ0v) is 11.7. The van der Waals surface area contributed by atoms with Crippen LogP contribution in [0.1, 0.15) is 13.3 Å². The van der Waals surface area contributed by atoms with Crippen molar-refractivity contribution in [3.8, 4) is 0 Å². The van der Waals surface area contributed by atoms with E-state index in [4.69, 9.17) is 5.73 Å². The number of rotatable bonds is 3. The lowest BCUT2D eigenvalue weighted by atomic mass is 10.1. The highest BCUT2D eigenvalue weighted by Crippen LogP contribution is 2.22. The van der Waals surface area contributed by atoms with Gasteiger partial charge in [0.15, 0.2) is 0 Å². The molecule has 5 heteroatoms. The van der Waals surface area contributed by atoms with Crippen LogP contribution in [0, 0.1) is 5.92 Å². The van der Waals surface area contributed by atoms with Gasteiger partial charge >= 0.3 is 0 Å². The first-order valence-electron chi connectivity index (χ1n) is 7.09. The Labute approximate surface area is 118 Å². The van der Waals surface area contributed by atoms with Gasteiger partial charge in [-0.2, -0.15) is 5.10 Å². The molecule has 0 radical (unpaired) electrons. The van der Waals surface area contributed by atoms with Gasteiger partial charge in [-0.3, -0.25) is 9.48 Å². The summed E-state index contributed by atoms with van der Waals surface area (Å²) in [5, 5.41) is 5.50. The smallest absolute Gasteiger partial charge is 0.244 e. The van der Waals surface area contributed by atoms with Gasteiger partial charge in [-0.25, -0.2) is 0 Å². The van der Waals surface area contributed by atoms with Gasteiger partial charge in [0.25, 0.3) is 0 Å². The van der Waals surface area contributed by atoms with Gasteiger partial charge < -0.3 is 10.6 Å². The predicted molar refractivity (Wildman–Crippen MR) is 78.1 cm³/mol. The van der Waals surface area contributed by atoms with Crippen molar-refractivity contribution >= 4 is 16.8 Å². The molecule has 5 nitrogen and oxygen atoms in total. The van der Waals surface area contributed by atoms with Crippen molar-refractivity contribution in [2.45, 2.75) is 25.9 Å². The van der Waals surface area contributed by atoms with Crippen LogP contribution < -0.4 is 5.73 Å². The van der Waals surface area contributed by atoms with Gasteiger partial charge in [0.1, 0.15) is 6.54 Å². The first-order valence-corrected chi connectivity index (χ1v) is 7.09. The first kappa shape index (κ1) is 13.1. The molecule has 106 valence electrons. The molecule has 0 spiro atoms. The van der Waals surface area contributed by atoms with Crippen molar-refractivity contribution in [3.63, 3.8) is 0 Å². The van der Waals surface area contributed by atoms with E-state index in [9.17, 15) is 4.79 Å². The van der Waals surface area contributed by atoms with Crippen molar-refractivity contribution in [2.75, 3.05) is 13.1 Å². The average Bonchev–Trinajstić information content (AvgIpc) is 3.01. The van der Waals surface area contributed by atoms with E-state index < -0.39 is 0 Å². The van der Waals surface area contributed by atoms with Gasteiger partial charge in [-0.15, -0.1) is 0 Å². The number of carbonyl (C=O) groups excluding carboxylic acids is 1. The maximum absolute atomic E-state index is 12.4. The fraction of sp³-hybridized carbons (Fsp3) is 0.467. The summed E-state index contributed by atoms with van der Waals surface area (Å²) >= 11 is 0. The van der Waals surface area contributed by atoms with E-state index in [1.807, 2.05) is 35.4 Å². The van der Waals surface area contributed by atoms with Crippen LogP contribution in [0.15, 0.2) is 30.5 Å². The molecule has 1 aliphatic rings. The van der Waals surface area contributed by atoms with Gasteiger partial charge in [0.05, 0.1) is 5.52 Å². The number of hydrogen-bond acceptors (Lipinski definition) is 3. The molecule has 0 saturated carbocycles. The summed E-state index contributed by atoms with van der Waals surface area (Å²) in [4.78, 5) is 14.3. The minimum absolute atomic E-state index is 0.126. The highest BCUT2D eigenvalue weighted by molar-refractivity contribution is 5.80. The van der Waals surface area contributed by atoms with Crippen LogP contribution in [-0.2, 0) is 11.3 Å². The molecular weight excluding hydrogens is 252 g/mol. The second-order valence-corrected chi connectivity index (χ2v) is 5.62. The Morgan fingerprint density at radius 2 is 2.25 bits per heavy atom. The van der Waals surface area contributed by atoms with E-state index in [0.717, 1.165) is 23.9 Å². The van der Waals surface area contributed by atoms with Crippen LogP contribution >= 0.6 is 0 Å². The zero-order chi connectivity index (χ0) is 14.1. The molecule has 1 aromatic heterocycles. The summed E-state index contributed by atoms with van der Waals surface area (Å²) in [6.07, 6.45) is 2.93. The highest BCUT2D eigenvalue weighted by Gasteiger charge is 2.31. The van der Waals surface area contributed by atoms with Gasteiger partial charge in [0, 0.05) is 24.2 Å². The van der Waals surface area contributed by atoms with Gasteiger partial charge in [0.2, 0.25) is 5.91 Å². The third kappa shape index (κ3) is 2.41. The molecule has 20 heavy (non-hydrogen) atoms. The average molecular weight is 272 g/mol. The molecule has 1 aromatic carbocycles. The fourth-order valence-electron chi connectivity index (χ4n) is 2.99. The van der Waals surface area contributed by atoms with E-state index in [1.165, 1.54) is 0 Å². The van der Waals surface area contributed by atoms with Crippen molar-refractivity contribution in [1.82, 2.24) is 14.7 Å². The molecule has 2 N–H and O–H groups in total.